The van der Waals surface area contributed by atoms with E-state index in [0.29, 0.717) is 4.47 Å². The number of carbonyl (C=O) groups excluding carboxylic acids is 1. The second-order valence-corrected chi connectivity index (χ2v) is 6.65. The van der Waals surface area contributed by atoms with Gasteiger partial charge in [-0.3, -0.25) is 9.59 Å². The highest BCUT2D eigenvalue weighted by atomic mass is 79.9. The van der Waals surface area contributed by atoms with Gasteiger partial charge in [0.1, 0.15) is 6.04 Å². The van der Waals surface area contributed by atoms with E-state index in [1.165, 1.54) is 6.07 Å². The lowest BCUT2D eigenvalue weighted by Gasteiger charge is -2.14. The van der Waals surface area contributed by atoms with Crippen LogP contribution in [0.2, 0.25) is 0 Å². The van der Waals surface area contributed by atoms with E-state index >= 15 is 0 Å². The monoisotopic (exact) mass is 364 g/mol. The SMILES string of the molecule is Cc1ccc(S(=O)(=O)N[C@@H](CC(N)=O)C(=O)O)c(Br)c1. The van der Waals surface area contributed by atoms with Crippen molar-refractivity contribution in [3.8, 4) is 0 Å². The summed E-state index contributed by atoms with van der Waals surface area (Å²) in [5, 5.41) is 8.90. The van der Waals surface area contributed by atoms with E-state index in [1.807, 2.05) is 4.72 Å². The van der Waals surface area contributed by atoms with E-state index in [1.54, 1.807) is 19.1 Å². The van der Waals surface area contributed by atoms with Gasteiger partial charge >= 0.3 is 5.97 Å². The molecule has 0 aliphatic carbocycles. The maximum absolute atomic E-state index is 12.1. The minimum Gasteiger partial charge on any atom is -0.480 e. The molecule has 1 amide bonds. The lowest BCUT2D eigenvalue weighted by atomic mass is 10.2. The Morgan fingerprint density at radius 2 is 2.05 bits per heavy atom. The fourth-order valence-corrected chi connectivity index (χ4v) is 3.84. The summed E-state index contributed by atoms with van der Waals surface area (Å²) >= 11 is 3.10. The number of hydrogen-bond acceptors (Lipinski definition) is 4. The number of carboxylic acids is 1. The van der Waals surface area contributed by atoms with Crippen molar-refractivity contribution in [1.29, 1.82) is 0 Å². The van der Waals surface area contributed by atoms with Crippen LogP contribution in [0, 0.1) is 6.92 Å². The van der Waals surface area contributed by atoms with Crippen LogP contribution < -0.4 is 10.5 Å². The summed E-state index contributed by atoms with van der Waals surface area (Å²) in [5.74, 6) is -2.39. The quantitative estimate of drug-likeness (QED) is 0.671. The predicted molar refractivity (Wildman–Crippen MR) is 74.4 cm³/mol. The van der Waals surface area contributed by atoms with E-state index in [2.05, 4.69) is 15.9 Å². The summed E-state index contributed by atoms with van der Waals surface area (Å²) < 4.78 is 26.5. The average molecular weight is 365 g/mol. The highest BCUT2D eigenvalue weighted by Gasteiger charge is 2.28. The molecule has 1 aromatic carbocycles. The van der Waals surface area contributed by atoms with Gasteiger partial charge in [-0.1, -0.05) is 6.07 Å². The molecule has 0 aromatic heterocycles. The Bertz CT molecular complexity index is 644. The van der Waals surface area contributed by atoms with Crippen molar-refractivity contribution in [3.05, 3.63) is 28.2 Å². The fraction of sp³-hybridized carbons (Fsp3) is 0.273. The van der Waals surface area contributed by atoms with E-state index in [-0.39, 0.29) is 4.90 Å². The van der Waals surface area contributed by atoms with Gasteiger partial charge in [-0.2, -0.15) is 4.72 Å². The van der Waals surface area contributed by atoms with Crippen LogP contribution in [0.4, 0.5) is 0 Å². The maximum Gasteiger partial charge on any atom is 0.322 e. The molecule has 1 rings (SSSR count). The molecule has 0 saturated carbocycles. The minimum absolute atomic E-state index is 0.112. The summed E-state index contributed by atoms with van der Waals surface area (Å²) in [6.07, 6.45) is -0.627. The highest BCUT2D eigenvalue weighted by Crippen LogP contribution is 2.23. The van der Waals surface area contributed by atoms with E-state index in [0.717, 1.165) is 5.56 Å². The third kappa shape index (κ3) is 4.29. The first-order valence-corrected chi connectivity index (χ1v) is 7.70. The molecule has 0 saturated heterocycles. The Morgan fingerprint density at radius 3 is 2.50 bits per heavy atom. The number of benzene rings is 1. The molecule has 0 heterocycles. The van der Waals surface area contributed by atoms with E-state index in [9.17, 15) is 18.0 Å². The minimum atomic E-state index is -4.08. The van der Waals surface area contributed by atoms with Crippen LogP contribution >= 0.6 is 15.9 Å². The molecule has 0 bridgehead atoms. The molecule has 1 aromatic rings. The Labute approximate surface area is 124 Å². The van der Waals surface area contributed by atoms with Crippen molar-refractivity contribution in [3.63, 3.8) is 0 Å². The Morgan fingerprint density at radius 1 is 1.45 bits per heavy atom. The molecule has 20 heavy (non-hydrogen) atoms. The lowest BCUT2D eigenvalue weighted by Crippen LogP contribution is -2.43. The third-order valence-electron chi connectivity index (χ3n) is 2.38. The van der Waals surface area contributed by atoms with Crippen molar-refractivity contribution >= 4 is 37.8 Å². The van der Waals surface area contributed by atoms with E-state index < -0.39 is 34.4 Å². The zero-order chi connectivity index (χ0) is 15.5. The molecule has 1 atom stereocenters. The molecule has 0 unspecified atom stereocenters. The molecule has 0 radical (unpaired) electrons. The summed E-state index contributed by atoms with van der Waals surface area (Å²) in [7, 11) is -4.08. The van der Waals surface area contributed by atoms with Crippen LogP contribution in [0.5, 0.6) is 0 Å². The molecule has 9 heteroatoms. The molecule has 0 spiro atoms. The topological polar surface area (TPSA) is 127 Å². The number of sulfonamides is 1. The van der Waals surface area contributed by atoms with Crippen molar-refractivity contribution in [2.45, 2.75) is 24.3 Å². The van der Waals surface area contributed by atoms with Crippen molar-refractivity contribution in [1.82, 2.24) is 4.72 Å². The first kappa shape index (κ1) is 16.6. The second-order valence-electron chi connectivity index (χ2n) is 4.12. The maximum atomic E-state index is 12.1. The van der Waals surface area contributed by atoms with Crippen LogP contribution in [0.25, 0.3) is 0 Å². The molecule has 0 aliphatic heterocycles. The summed E-state index contributed by atoms with van der Waals surface area (Å²) in [5.41, 5.74) is 5.73. The van der Waals surface area contributed by atoms with Gasteiger partial charge in [0.2, 0.25) is 15.9 Å². The number of aryl methyl sites for hydroxylation is 1. The average Bonchev–Trinajstić information content (AvgIpc) is 2.26. The number of carboxylic acid groups (broad SMARTS) is 1. The summed E-state index contributed by atoms with van der Waals surface area (Å²) in [6.45, 7) is 1.78. The first-order chi connectivity index (χ1) is 9.13. The van der Waals surface area contributed by atoms with Gasteiger partial charge in [-0.15, -0.1) is 0 Å². The first-order valence-electron chi connectivity index (χ1n) is 5.43. The number of aliphatic carboxylic acids is 1. The van der Waals surface area contributed by atoms with Gasteiger partial charge in [0.05, 0.1) is 11.3 Å². The number of hydrogen-bond donors (Lipinski definition) is 3. The zero-order valence-corrected chi connectivity index (χ0v) is 12.9. The fourth-order valence-electron chi connectivity index (χ4n) is 1.46. The Hall–Kier alpha value is -1.45. The number of amides is 1. The molecule has 0 fully saturated rings. The normalized spacial score (nSPS) is 12.9. The molecular formula is C11H13BrN2O5S. The lowest BCUT2D eigenvalue weighted by molar-refractivity contribution is -0.140. The van der Waals surface area contributed by atoms with Gasteiger partial charge in [0, 0.05) is 4.47 Å². The van der Waals surface area contributed by atoms with Crippen LogP contribution in [0.3, 0.4) is 0 Å². The molecule has 110 valence electrons. The Balaban J connectivity index is 3.09. The molecular weight excluding hydrogens is 352 g/mol. The van der Waals surface area contributed by atoms with Gasteiger partial charge in [-0.05, 0) is 40.5 Å². The standard InChI is InChI=1S/C11H13BrN2O5S/c1-6-2-3-9(7(12)4-6)20(18,19)14-8(11(16)17)5-10(13)15/h2-4,8,14H,5H2,1H3,(H2,13,15)(H,16,17)/t8-/m0/s1. The molecule has 4 N–H and O–H groups in total. The summed E-state index contributed by atoms with van der Waals surface area (Å²) in [4.78, 5) is 21.6. The largest absolute Gasteiger partial charge is 0.480 e. The molecule has 7 nitrogen and oxygen atoms in total. The number of primary amides is 1. The third-order valence-corrected chi connectivity index (χ3v) is 4.83. The Kier molecular flexibility index (Phi) is 5.26. The second kappa shape index (κ2) is 6.33. The number of nitrogens with two attached hydrogens (primary N) is 1. The number of nitrogens with one attached hydrogen (secondary N) is 1. The highest BCUT2D eigenvalue weighted by molar-refractivity contribution is 9.10. The number of rotatable bonds is 6. The predicted octanol–water partition coefficient (Wildman–Crippen LogP) is 0.364. The smallest absolute Gasteiger partial charge is 0.322 e. The van der Waals surface area contributed by atoms with Gasteiger partial charge in [0.25, 0.3) is 0 Å². The van der Waals surface area contributed by atoms with E-state index in [4.69, 9.17) is 10.8 Å². The van der Waals surface area contributed by atoms with Crippen molar-refractivity contribution in [2.75, 3.05) is 0 Å². The van der Waals surface area contributed by atoms with Gasteiger partial charge in [-0.25, -0.2) is 8.42 Å². The van der Waals surface area contributed by atoms with Crippen LogP contribution in [-0.2, 0) is 19.6 Å². The van der Waals surface area contributed by atoms with Crippen LogP contribution in [0.15, 0.2) is 27.6 Å². The van der Waals surface area contributed by atoms with Crippen LogP contribution in [0.1, 0.15) is 12.0 Å². The van der Waals surface area contributed by atoms with Gasteiger partial charge in [0.15, 0.2) is 0 Å². The zero-order valence-electron chi connectivity index (χ0n) is 10.5. The van der Waals surface area contributed by atoms with Gasteiger partial charge < -0.3 is 10.8 Å². The summed E-state index contributed by atoms with van der Waals surface area (Å²) in [6, 6.07) is 2.89. The van der Waals surface area contributed by atoms with Crippen molar-refractivity contribution < 1.29 is 23.1 Å². The number of carbonyl (C=O) groups is 2. The number of halogens is 1. The van der Waals surface area contributed by atoms with Crippen LogP contribution in [-0.4, -0.2) is 31.4 Å². The van der Waals surface area contributed by atoms with Crippen molar-refractivity contribution in [2.24, 2.45) is 5.73 Å². The molecule has 0 aliphatic rings.